The average molecular weight is 295 g/mol. The van der Waals surface area contributed by atoms with E-state index in [1.807, 2.05) is 18.2 Å². The van der Waals surface area contributed by atoms with Gasteiger partial charge in [0.05, 0.1) is 0 Å². The first kappa shape index (κ1) is 10.3. The van der Waals surface area contributed by atoms with Crippen molar-refractivity contribution in [1.29, 1.82) is 0 Å². The van der Waals surface area contributed by atoms with Crippen molar-refractivity contribution in [3.05, 3.63) is 34.9 Å². The van der Waals surface area contributed by atoms with Gasteiger partial charge in [-0.05, 0) is 30.5 Å². The van der Waals surface area contributed by atoms with E-state index in [-0.39, 0.29) is 0 Å². The maximum absolute atomic E-state index is 5.86. The van der Waals surface area contributed by atoms with Gasteiger partial charge in [0.15, 0.2) is 0 Å². The maximum Gasteiger partial charge on any atom is 0.0408 e. The number of hydrogen-bond donors (Lipinski definition) is 0. The molecule has 0 fully saturated rings. The van der Waals surface area contributed by atoms with E-state index in [4.69, 9.17) is 11.6 Å². The largest absolute Gasteiger partial charge is 0.0843 e. The molecule has 0 saturated heterocycles. The van der Waals surface area contributed by atoms with E-state index in [0.29, 0.717) is 0 Å². The summed E-state index contributed by atoms with van der Waals surface area (Å²) < 4.78 is 0.738. The van der Waals surface area contributed by atoms with Gasteiger partial charge in [0.2, 0.25) is 0 Å². The smallest absolute Gasteiger partial charge is 0.0408 e. The molecule has 1 unspecified atom stereocenters. The summed E-state index contributed by atoms with van der Waals surface area (Å²) in [6.07, 6.45) is 2.35. The number of halogens is 2. The van der Waals surface area contributed by atoms with Crippen LogP contribution >= 0.6 is 34.2 Å². The molecule has 0 radical (unpaired) electrons. The minimum Gasteiger partial charge on any atom is -0.0843 e. The molecule has 66 valence electrons. The fraction of sp³-hybridized carbons (Fsp3) is 0.400. The predicted molar refractivity (Wildman–Crippen MR) is 63.3 cm³/mol. The zero-order chi connectivity index (χ0) is 8.97. The molecule has 0 aliphatic carbocycles. The minimum atomic E-state index is 0.738. The molecule has 1 rings (SSSR count). The predicted octanol–water partition coefficient (Wildman–Crippen LogP) is 4.10. The summed E-state index contributed by atoms with van der Waals surface area (Å²) in [5.41, 5.74) is 1.34. The van der Waals surface area contributed by atoms with Crippen molar-refractivity contribution in [2.24, 2.45) is 0 Å². The third-order valence-electron chi connectivity index (χ3n) is 1.72. The Hall–Kier alpha value is 0.240. The van der Waals surface area contributed by atoms with Gasteiger partial charge in [-0.2, -0.15) is 0 Å². The summed E-state index contributed by atoms with van der Waals surface area (Å²) in [6.45, 7) is 2.23. The van der Waals surface area contributed by atoms with E-state index in [9.17, 15) is 0 Å². The Balaban J connectivity index is 2.52. The van der Waals surface area contributed by atoms with Crippen LogP contribution in [-0.2, 0) is 6.42 Å². The van der Waals surface area contributed by atoms with Crippen LogP contribution < -0.4 is 0 Å². The lowest BCUT2D eigenvalue weighted by atomic mass is 10.1. The second-order valence-corrected chi connectivity index (χ2v) is 5.51. The van der Waals surface area contributed by atoms with E-state index < -0.39 is 0 Å². The Morgan fingerprint density at radius 3 is 2.83 bits per heavy atom. The maximum atomic E-state index is 5.86. The van der Waals surface area contributed by atoms with Crippen LogP contribution in [-0.4, -0.2) is 3.92 Å². The molecule has 12 heavy (non-hydrogen) atoms. The SMILES string of the molecule is CC(I)CCc1cccc(Cl)c1. The van der Waals surface area contributed by atoms with Gasteiger partial charge in [0, 0.05) is 8.95 Å². The van der Waals surface area contributed by atoms with Crippen molar-refractivity contribution in [3.8, 4) is 0 Å². The summed E-state index contributed by atoms with van der Waals surface area (Å²) in [4.78, 5) is 0. The second-order valence-electron chi connectivity index (χ2n) is 2.95. The summed E-state index contributed by atoms with van der Waals surface area (Å²) in [5, 5.41) is 0.841. The van der Waals surface area contributed by atoms with Gasteiger partial charge in [-0.1, -0.05) is 53.2 Å². The van der Waals surface area contributed by atoms with Gasteiger partial charge in [-0.3, -0.25) is 0 Å². The molecule has 1 atom stereocenters. The number of benzene rings is 1. The molecule has 0 aromatic heterocycles. The van der Waals surface area contributed by atoms with Crippen molar-refractivity contribution in [2.45, 2.75) is 23.7 Å². The van der Waals surface area contributed by atoms with E-state index in [1.54, 1.807) is 0 Å². The molecular formula is C10H12ClI. The Morgan fingerprint density at radius 2 is 2.25 bits per heavy atom. The van der Waals surface area contributed by atoms with Crippen LogP contribution in [0.15, 0.2) is 24.3 Å². The molecule has 1 aromatic carbocycles. The van der Waals surface area contributed by atoms with E-state index in [1.165, 1.54) is 12.0 Å². The lowest BCUT2D eigenvalue weighted by Crippen LogP contribution is -1.93. The number of alkyl halides is 1. The van der Waals surface area contributed by atoms with Crippen molar-refractivity contribution in [1.82, 2.24) is 0 Å². The lowest BCUT2D eigenvalue weighted by molar-refractivity contribution is 0.833. The molecule has 0 aliphatic rings. The quantitative estimate of drug-likeness (QED) is 0.582. The molecule has 0 nitrogen and oxygen atoms in total. The monoisotopic (exact) mass is 294 g/mol. The van der Waals surface area contributed by atoms with Gasteiger partial charge in [0.25, 0.3) is 0 Å². The van der Waals surface area contributed by atoms with Gasteiger partial charge in [0.1, 0.15) is 0 Å². The fourth-order valence-corrected chi connectivity index (χ4v) is 1.58. The number of aryl methyl sites for hydroxylation is 1. The lowest BCUT2D eigenvalue weighted by Gasteiger charge is -2.03. The van der Waals surface area contributed by atoms with Crippen molar-refractivity contribution in [3.63, 3.8) is 0 Å². The second kappa shape index (κ2) is 5.07. The fourth-order valence-electron chi connectivity index (χ4n) is 1.06. The van der Waals surface area contributed by atoms with Crippen LogP contribution in [0.4, 0.5) is 0 Å². The Morgan fingerprint density at radius 1 is 1.50 bits per heavy atom. The molecule has 2 heteroatoms. The summed E-state index contributed by atoms with van der Waals surface area (Å²) >= 11 is 8.30. The van der Waals surface area contributed by atoms with Crippen LogP contribution in [0.5, 0.6) is 0 Å². The van der Waals surface area contributed by atoms with E-state index >= 15 is 0 Å². The van der Waals surface area contributed by atoms with Crippen molar-refractivity contribution >= 4 is 34.2 Å². The van der Waals surface area contributed by atoms with Gasteiger partial charge < -0.3 is 0 Å². The van der Waals surface area contributed by atoms with E-state index in [2.05, 4.69) is 35.6 Å². The first-order valence-corrected chi connectivity index (χ1v) is 5.69. The van der Waals surface area contributed by atoms with Gasteiger partial charge >= 0.3 is 0 Å². The first-order valence-electron chi connectivity index (χ1n) is 4.07. The zero-order valence-electron chi connectivity index (χ0n) is 7.06. The molecule has 0 amide bonds. The Bertz CT molecular complexity index is 245. The van der Waals surface area contributed by atoms with E-state index in [0.717, 1.165) is 15.4 Å². The van der Waals surface area contributed by atoms with Crippen LogP contribution in [0.25, 0.3) is 0 Å². The highest BCUT2D eigenvalue weighted by atomic mass is 127. The number of hydrogen-bond acceptors (Lipinski definition) is 0. The highest BCUT2D eigenvalue weighted by molar-refractivity contribution is 14.1. The number of rotatable bonds is 3. The summed E-state index contributed by atoms with van der Waals surface area (Å²) in [5.74, 6) is 0. The molecular weight excluding hydrogens is 282 g/mol. The zero-order valence-corrected chi connectivity index (χ0v) is 9.97. The Labute approximate surface area is 92.5 Å². The van der Waals surface area contributed by atoms with Crippen LogP contribution in [0.2, 0.25) is 5.02 Å². The molecule has 0 aliphatic heterocycles. The van der Waals surface area contributed by atoms with Crippen LogP contribution in [0, 0.1) is 0 Å². The highest BCUT2D eigenvalue weighted by Crippen LogP contribution is 2.14. The molecule has 1 aromatic rings. The standard InChI is InChI=1S/C10H12ClI/c1-8(12)5-6-9-3-2-4-10(11)7-9/h2-4,7-8H,5-6H2,1H3. The summed E-state index contributed by atoms with van der Waals surface area (Å²) in [7, 11) is 0. The topological polar surface area (TPSA) is 0 Å². The van der Waals surface area contributed by atoms with Gasteiger partial charge in [-0.25, -0.2) is 0 Å². The van der Waals surface area contributed by atoms with Gasteiger partial charge in [-0.15, -0.1) is 0 Å². The Kier molecular flexibility index (Phi) is 4.36. The molecule has 0 heterocycles. The highest BCUT2D eigenvalue weighted by Gasteiger charge is 1.97. The summed E-state index contributed by atoms with van der Waals surface area (Å²) in [6, 6.07) is 8.10. The van der Waals surface area contributed by atoms with Crippen molar-refractivity contribution in [2.75, 3.05) is 0 Å². The van der Waals surface area contributed by atoms with Crippen LogP contribution in [0.3, 0.4) is 0 Å². The first-order chi connectivity index (χ1) is 5.68. The minimum absolute atomic E-state index is 0.738. The molecule has 0 spiro atoms. The molecule has 0 saturated carbocycles. The van der Waals surface area contributed by atoms with Crippen molar-refractivity contribution < 1.29 is 0 Å². The molecule has 0 bridgehead atoms. The normalized spacial score (nSPS) is 12.9. The third kappa shape index (κ3) is 3.76. The molecule has 0 N–H and O–H groups in total. The third-order valence-corrected chi connectivity index (χ3v) is 2.58. The average Bonchev–Trinajstić information content (AvgIpc) is 2.01. The van der Waals surface area contributed by atoms with Crippen LogP contribution in [0.1, 0.15) is 18.9 Å².